The van der Waals surface area contributed by atoms with Crippen LogP contribution in [0.3, 0.4) is 0 Å². The summed E-state index contributed by atoms with van der Waals surface area (Å²) in [7, 11) is 0. The van der Waals surface area contributed by atoms with Crippen molar-refractivity contribution >= 4 is 50.0 Å². The van der Waals surface area contributed by atoms with Gasteiger partial charge in [0.1, 0.15) is 16.7 Å². The monoisotopic (exact) mass is 593 g/mol. The maximum absolute atomic E-state index is 6.82. The Balaban J connectivity index is 1.43. The van der Waals surface area contributed by atoms with Gasteiger partial charge in [-0.05, 0) is 54.1 Å². The molecule has 0 aliphatic heterocycles. The highest BCUT2D eigenvalue weighted by molar-refractivity contribution is 6.14. The number of imidazole rings is 2. The van der Waals surface area contributed by atoms with Gasteiger partial charge >= 0.3 is 0 Å². The third-order valence-electron chi connectivity index (χ3n) is 8.59. The Morgan fingerprint density at radius 2 is 0.957 bits per heavy atom. The van der Waals surface area contributed by atoms with E-state index in [1.807, 2.05) is 103 Å². The lowest BCUT2D eigenvalue weighted by Gasteiger charge is -2.10. The van der Waals surface area contributed by atoms with Crippen LogP contribution in [0.25, 0.3) is 89.8 Å². The van der Waals surface area contributed by atoms with Gasteiger partial charge in [-0.1, -0.05) is 91.0 Å². The molecule has 10 aromatic rings. The number of para-hydroxylation sites is 4. The van der Waals surface area contributed by atoms with Crippen LogP contribution in [0.1, 0.15) is 0 Å². The Bertz CT molecular complexity index is 2640. The van der Waals surface area contributed by atoms with E-state index in [0.29, 0.717) is 34.0 Å². The van der Waals surface area contributed by atoms with E-state index in [9.17, 15) is 0 Å². The van der Waals surface area contributed by atoms with Crippen LogP contribution in [0.2, 0.25) is 0 Å². The van der Waals surface area contributed by atoms with Gasteiger partial charge in [0.15, 0.2) is 11.2 Å². The highest BCUT2D eigenvalue weighted by Crippen LogP contribution is 2.45. The van der Waals surface area contributed by atoms with E-state index >= 15 is 0 Å². The topological polar surface area (TPSA) is 74.3 Å². The van der Waals surface area contributed by atoms with Crippen molar-refractivity contribution in [2.45, 2.75) is 0 Å². The summed E-state index contributed by atoms with van der Waals surface area (Å²) < 4.78 is 17.9. The zero-order chi connectivity index (χ0) is 30.2. The molecule has 4 aromatic heterocycles. The fourth-order valence-corrected chi connectivity index (χ4v) is 6.57. The molecule has 0 bridgehead atoms. The minimum atomic E-state index is 0.519. The molecule has 0 N–H and O–H groups in total. The molecule has 216 valence electrons. The lowest BCUT2D eigenvalue weighted by atomic mass is 10.0. The molecule has 0 saturated heterocycles. The molecule has 6 aromatic carbocycles. The third kappa shape index (κ3) is 3.51. The highest BCUT2D eigenvalue weighted by Gasteiger charge is 2.30. The van der Waals surface area contributed by atoms with Gasteiger partial charge < -0.3 is 8.83 Å². The van der Waals surface area contributed by atoms with Crippen LogP contribution < -0.4 is 0 Å². The van der Waals surface area contributed by atoms with E-state index in [2.05, 4.69) is 45.4 Å². The molecule has 0 aliphatic rings. The van der Waals surface area contributed by atoms with E-state index in [-0.39, 0.29) is 0 Å². The summed E-state index contributed by atoms with van der Waals surface area (Å²) in [6.45, 7) is 0. The molecule has 10 rings (SSSR count). The molecule has 46 heavy (non-hydrogen) atoms. The number of aromatic nitrogens is 5. The number of oxazole rings is 2. The van der Waals surface area contributed by atoms with Crippen LogP contribution in [-0.4, -0.2) is 23.9 Å². The molecule has 7 heteroatoms. The molecular formula is C39H23N5O2. The molecule has 0 unspecified atom stereocenters. The van der Waals surface area contributed by atoms with Gasteiger partial charge in [0, 0.05) is 11.1 Å². The maximum atomic E-state index is 6.82. The summed E-state index contributed by atoms with van der Waals surface area (Å²) in [6, 6.07) is 46.6. The molecule has 0 fully saturated rings. The second-order valence-electron chi connectivity index (χ2n) is 11.3. The number of hydrogen-bond donors (Lipinski definition) is 0. The van der Waals surface area contributed by atoms with Crippen molar-refractivity contribution in [3.05, 3.63) is 140 Å². The number of rotatable bonds is 4. The SMILES string of the molecule is c1ccc(-c2nc3c(-n4c5ccccc5n5c6ccccc6nc45)c4oc(-c5ccccc5)nc4c(-c4ccccc4)c3o2)cc1. The van der Waals surface area contributed by atoms with Crippen molar-refractivity contribution < 1.29 is 8.83 Å². The largest absolute Gasteiger partial charge is 0.435 e. The van der Waals surface area contributed by atoms with Crippen molar-refractivity contribution in [1.29, 1.82) is 0 Å². The lowest BCUT2D eigenvalue weighted by molar-refractivity contribution is 0.617. The number of nitrogens with zero attached hydrogens (tertiary/aromatic N) is 5. The van der Waals surface area contributed by atoms with Crippen LogP contribution >= 0.6 is 0 Å². The first-order chi connectivity index (χ1) is 22.8. The Kier molecular flexibility index (Phi) is 5.15. The van der Waals surface area contributed by atoms with E-state index in [1.165, 1.54) is 0 Å². The third-order valence-corrected chi connectivity index (χ3v) is 8.59. The summed E-state index contributed by atoms with van der Waals surface area (Å²) in [6.07, 6.45) is 0. The van der Waals surface area contributed by atoms with Gasteiger partial charge in [-0.3, -0.25) is 8.97 Å². The molecule has 0 aliphatic carbocycles. The summed E-state index contributed by atoms with van der Waals surface area (Å²) in [4.78, 5) is 15.5. The van der Waals surface area contributed by atoms with Crippen molar-refractivity contribution in [1.82, 2.24) is 23.9 Å². The Hall–Kier alpha value is -6.47. The Labute approximate surface area is 261 Å². The minimum Gasteiger partial charge on any atom is -0.435 e. The molecule has 0 radical (unpaired) electrons. The molecule has 0 atom stereocenters. The normalized spacial score (nSPS) is 11.9. The lowest BCUT2D eigenvalue weighted by Crippen LogP contribution is -1.99. The summed E-state index contributed by atoms with van der Waals surface area (Å²) in [5, 5.41) is 0. The molecular weight excluding hydrogens is 570 g/mol. The second kappa shape index (κ2) is 9.51. The first kappa shape index (κ1) is 24.9. The molecule has 0 spiro atoms. The van der Waals surface area contributed by atoms with Gasteiger partial charge in [0.25, 0.3) is 0 Å². The number of fused-ring (bicyclic) bond motifs is 7. The van der Waals surface area contributed by atoms with Crippen LogP contribution in [0.4, 0.5) is 0 Å². The van der Waals surface area contributed by atoms with Gasteiger partial charge in [-0.15, -0.1) is 0 Å². The fourth-order valence-electron chi connectivity index (χ4n) is 6.57. The minimum absolute atomic E-state index is 0.519. The van der Waals surface area contributed by atoms with Crippen molar-refractivity contribution in [3.8, 4) is 39.7 Å². The predicted octanol–water partition coefficient (Wildman–Crippen LogP) is 9.71. The predicted molar refractivity (Wildman–Crippen MR) is 181 cm³/mol. The standard InChI is InChI=1S/C39H23N5O2/c1-4-14-24(15-5-1)31-32-36(46-37(41-32)25-16-6-2-7-17-25)34(33-35(31)45-38(42-33)26-18-8-3-9-19-26)44-30-23-13-12-22-29(30)43-28-21-11-10-20-27(28)40-39(43)44/h1-23H. The Morgan fingerprint density at radius 3 is 1.63 bits per heavy atom. The van der Waals surface area contributed by atoms with Crippen LogP contribution in [0, 0.1) is 0 Å². The van der Waals surface area contributed by atoms with Crippen molar-refractivity contribution in [3.63, 3.8) is 0 Å². The van der Waals surface area contributed by atoms with E-state index in [1.54, 1.807) is 0 Å². The average Bonchev–Trinajstić information content (AvgIpc) is 3.90. The maximum Gasteiger partial charge on any atom is 0.227 e. The van der Waals surface area contributed by atoms with Crippen LogP contribution in [0.15, 0.2) is 148 Å². The zero-order valence-electron chi connectivity index (χ0n) is 24.3. The average molecular weight is 594 g/mol. The molecule has 0 amide bonds. The number of benzene rings is 6. The first-order valence-corrected chi connectivity index (χ1v) is 15.1. The molecule has 0 saturated carbocycles. The highest BCUT2D eigenvalue weighted by atomic mass is 16.4. The summed E-state index contributed by atoms with van der Waals surface area (Å²) in [5.74, 6) is 1.79. The van der Waals surface area contributed by atoms with Crippen LogP contribution in [0.5, 0.6) is 0 Å². The van der Waals surface area contributed by atoms with Gasteiger partial charge in [-0.2, -0.15) is 0 Å². The Morgan fingerprint density at radius 1 is 0.435 bits per heavy atom. The molecule has 4 heterocycles. The second-order valence-corrected chi connectivity index (χ2v) is 11.3. The summed E-state index contributed by atoms with van der Waals surface area (Å²) in [5.41, 5.74) is 10.8. The smallest absolute Gasteiger partial charge is 0.227 e. The van der Waals surface area contributed by atoms with Crippen molar-refractivity contribution in [2.24, 2.45) is 0 Å². The summed E-state index contributed by atoms with van der Waals surface area (Å²) >= 11 is 0. The quantitative estimate of drug-likeness (QED) is 0.203. The van der Waals surface area contributed by atoms with Crippen molar-refractivity contribution in [2.75, 3.05) is 0 Å². The fraction of sp³-hybridized carbons (Fsp3) is 0. The van der Waals surface area contributed by atoms with E-state index in [0.717, 1.165) is 55.8 Å². The van der Waals surface area contributed by atoms with E-state index in [4.69, 9.17) is 23.8 Å². The zero-order valence-corrected chi connectivity index (χ0v) is 24.3. The van der Waals surface area contributed by atoms with E-state index < -0.39 is 0 Å². The molecule has 7 nitrogen and oxygen atoms in total. The van der Waals surface area contributed by atoms with Gasteiger partial charge in [0.2, 0.25) is 17.6 Å². The van der Waals surface area contributed by atoms with Gasteiger partial charge in [0.05, 0.1) is 27.6 Å². The van der Waals surface area contributed by atoms with Gasteiger partial charge in [-0.25, -0.2) is 15.0 Å². The van der Waals surface area contributed by atoms with Crippen LogP contribution in [-0.2, 0) is 0 Å². The first-order valence-electron chi connectivity index (χ1n) is 15.1. The number of hydrogen-bond acceptors (Lipinski definition) is 5.